The lowest BCUT2D eigenvalue weighted by Crippen LogP contribution is -2.20. The predicted molar refractivity (Wildman–Crippen MR) is 104 cm³/mol. The number of anilines is 1. The first-order chi connectivity index (χ1) is 12.9. The van der Waals surface area contributed by atoms with E-state index in [1.165, 1.54) is 19.4 Å². The number of phenols is 1. The molecule has 2 amide bonds. The number of rotatable bonds is 7. The van der Waals surface area contributed by atoms with E-state index in [-0.39, 0.29) is 30.4 Å². The van der Waals surface area contributed by atoms with Crippen molar-refractivity contribution in [2.24, 2.45) is 5.10 Å². The molecular weight excluding hydrogens is 346 g/mol. The molecule has 0 unspecified atom stereocenters. The summed E-state index contributed by atoms with van der Waals surface area (Å²) in [5.41, 5.74) is 5.72. The van der Waals surface area contributed by atoms with Gasteiger partial charge in [0.25, 0.3) is 0 Å². The molecule has 0 aliphatic carbocycles. The first-order valence-corrected chi connectivity index (χ1v) is 8.45. The Hall–Kier alpha value is -3.35. The quantitative estimate of drug-likeness (QED) is 0.516. The Morgan fingerprint density at radius 3 is 2.56 bits per heavy atom. The third kappa shape index (κ3) is 6.14. The summed E-state index contributed by atoms with van der Waals surface area (Å²) in [4.78, 5) is 23.8. The summed E-state index contributed by atoms with van der Waals surface area (Å²) >= 11 is 0. The average molecular weight is 369 g/mol. The van der Waals surface area contributed by atoms with Gasteiger partial charge in [0.15, 0.2) is 11.5 Å². The van der Waals surface area contributed by atoms with Gasteiger partial charge in [0, 0.05) is 18.5 Å². The number of nitrogens with one attached hydrogen (secondary N) is 2. The lowest BCUT2D eigenvalue weighted by atomic mass is 10.1. The number of hydrogen-bond donors (Lipinski definition) is 3. The van der Waals surface area contributed by atoms with Gasteiger partial charge in [-0.1, -0.05) is 12.1 Å². The number of carbonyl (C=O) groups is 2. The van der Waals surface area contributed by atoms with Gasteiger partial charge in [0.2, 0.25) is 11.8 Å². The van der Waals surface area contributed by atoms with Gasteiger partial charge in [-0.25, -0.2) is 5.43 Å². The van der Waals surface area contributed by atoms with Gasteiger partial charge in [-0.05, 0) is 54.8 Å². The van der Waals surface area contributed by atoms with Gasteiger partial charge in [0.05, 0.1) is 13.3 Å². The highest BCUT2D eigenvalue weighted by Crippen LogP contribution is 2.25. The number of ether oxygens (including phenoxy) is 1. The molecule has 0 bridgehead atoms. The molecule has 7 nitrogen and oxygen atoms in total. The Kier molecular flexibility index (Phi) is 6.93. The molecule has 0 spiro atoms. The number of benzene rings is 2. The summed E-state index contributed by atoms with van der Waals surface area (Å²) in [7, 11) is 1.46. The molecule has 3 N–H and O–H groups in total. The number of carbonyl (C=O) groups excluding carboxylic acids is 2. The average Bonchev–Trinajstić information content (AvgIpc) is 2.63. The van der Waals surface area contributed by atoms with Crippen LogP contribution < -0.4 is 15.5 Å². The van der Waals surface area contributed by atoms with Crippen molar-refractivity contribution in [1.29, 1.82) is 0 Å². The Morgan fingerprint density at radius 2 is 1.85 bits per heavy atom. The van der Waals surface area contributed by atoms with Crippen LogP contribution >= 0.6 is 0 Å². The fourth-order valence-electron chi connectivity index (χ4n) is 2.33. The Morgan fingerprint density at radius 1 is 1.11 bits per heavy atom. The van der Waals surface area contributed by atoms with Crippen molar-refractivity contribution < 1.29 is 19.4 Å². The molecule has 142 valence electrons. The first-order valence-electron chi connectivity index (χ1n) is 8.45. The third-order valence-corrected chi connectivity index (χ3v) is 3.85. The molecule has 0 saturated heterocycles. The van der Waals surface area contributed by atoms with Gasteiger partial charge >= 0.3 is 0 Å². The standard InChI is InChI=1S/C20H23N3O4/c1-13-4-5-14(2)16(10-13)22-19(25)8-9-20(26)23-21-12-15-6-7-18(27-3)17(24)11-15/h4-7,10-12,24H,8-9H2,1-3H3,(H,22,25)(H,23,26). The molecule has 2 aromatic rings. The zero-order valence-corrected chi connectivity index (χ0v) is 15.6. The largest absolute Gasteiger partial charge is 0.504 e. The minimum Gasteiger partial charge on any atom is -0.504 e. The van der Waals surface area contributed by atoms with Crippen molar-refractivity contribution in [3.8, 4) is 11.5 Å². The van der Waals surface area contributed by atoms with Crippen LogP contribution in [0.1, 0.15) is 29.5 Å². The van der Waals surface area contributed by atoms with Gasteiger partial charge in [-0.3, -0.25) is 9.59 Å². The summed E-state index contributed by atoms with van der Waals surface area (Å²) in [6, 6.07) is 10.5. The second-order valence-electron chi connectivity index (χ2n) is 6.09. The van der Waals surface area contributed by atoms with E-state index in [1.807, 2.05) is 32.0 Å². The minimum atomic E-state index is -0.375. The van der Waals surface area contributed by atoms with Crippen LogP contribution in [0, 0.1) is 13.8 Å². The van der Waals surface area contributed by atoms with E-state index >= 15 is 0 Å². The molecule has 0 fully saturated rings. The molecule has 0 atom stereocenters. The molecular formula is C20H23N3O4. The maximum atomic E-state index is 12.0. The SMILES string of the molecule is COc1ccc(C=NNC(=O)CCC(=O)Nc2cc(C)ccc2C)cc1O. The van der Waals surface area contributed by atoms with E-state index < -0.39 is 0 Å². The van der Waals surface area contributed by atoms with E-state index in [0.717, 1.165) is 16.8 Å². The summed E-state index contributed by atoms with van der Waals surface area (Å²) in [5.74, 6) is -0.273. The molecule has 0 radical (unpaired) electrons. The van der Waals surface area contributed by atoms with Gasteiger partial charge in [0.1, 0.15) is 0 Å². The van der Waals surface area contributed by atoms with E-state index in [1.54, 1.807) is 12.1 Å². The smallest absolute Gasteiger partial charge is 0.240 e. The van der Waals surface area contributed by atoms with Crippen molar-refractivity contribution in [1.82, 2.24) is 5.43 Å². The molecule has 0 aromatic heterocycles. The number of hydrogen-bond acceptors (Lipinski definition) is 5. The third-order valence-electron chi connectivity index (χ3n) is 3.85. The summed E-state index contributed by atoms with van der Waals surface area (Å²) in [5, 5.41) is 16.3. The van der Waals surface area contributed by atoms with Crippen LogP contribution in [0.4, 0.5) is 5.69 Å². The molecule has 7 heteroatoms. The molecule has 27 heavy (non-hydrogen) atoms. The van der Waals surface area contributed by atoms with Crippen LogP contribution in [0.25, 0.3) is 0 Å². The topological polar surface area (TPSA) is 100 Å². The van der Waals surface area contributed by atoms with E-state index in [2.05, 4.69) is 15.8 Å². The highest BCUT2D eigenvalue weighted by atomic mass is 16.5. The number of nitrogens with zero attached hydrogens (tertiary/aromatic N) is 1. The Balaban J connectivity index is 1.79. The normalized spacial score (nSPS) is 10.6. The predicted octanol–water partition coefficient (Wildman–Crippen LogP) is 2.89. The second-order valence-corrected chi connectivity index (χ2v) is 6.09. The highest BCUT2D eigenvalue weighted by molar-refractivity contribution is 5.94. The lowest BCUT2D eigenvalue weighted by molar-refractivity contribution is -0.124. The van der Waals surface area contributed by atoms with E-state index in [4.69, 9.17) is 4.74 Å². The van der Waals surface area contributed by atoms with Crippen molar-refractivity contribution in [3.05, 3.63) is 53.1 Å². The Labute approximate surface area is 158 Å². The van der Waals surface area contributed by atoms with Crippen LogP contribution in [0.3, 0.4) is 0 Å². The zero-order valence-electron chi connectivity index (χ0n) is 15.6. The molecule has 0 heterocycles. The maximum Gasteiger partial charge on any atom is 0.240 e. The lowest BCUT2D eigenvalue weighted by Gasteiger charge is -2.09. The number of aromatic hydroxyl groups is 1. The van der Waals surface area contributed by atoms with Crippen molar-refractivity contribution in [2.45, 2.75) is 26.7 Å². The monoisotopic (exact) mass is 369 g/mol. The summed E-state index contributed by atoms with van der Waals surface area (Å²) in [6.07, 6.45) is 1.47. The number of aryl methyl sites for hydroxylation is 2. The summed E-state index contributed by atoms with van der Waals surface area (Å²) < 4.78 is 4.95. The molecule has 2 rings (SSSR count). The van der Waals surface area contributed by atoms with E-state index in [9.17, 15) is 14.7 Å². The van der Waals surface area contributed by atoms with Crippen LogP contribution in [-0.4, -0.2) is 30.2 Å². The minimum absolute atomic E-state index is 0.0158. The van der Waals surface area contributed by atoms with Crippen LogP contribution in [0.5, 0.6) is 11.5 Å². The van der Waals surface area contributed by atoms with Gasteiger partial charge in [-0.15, -0.1) is 0 Å². The first kappa shape index (κ1) is 20.0. The molecule has 0 aliphatic heterocycles. The van der Waals surface area contributed by atoms with E-state index in [0.29, 0.717) is 11.3 Å². The fraction of sp³-hybridized carbons (Fsp3) is 0.250. The number of amides is 2. The molecule has 2 aromatic carbocycles. The second kappa shape index (κ2) is 9.38. The number of methoxy groups -OCH3 is 1. The molecule has 0 saturated carbocycles. The Bertz CT molecular complexity index is 862. The summed E-state index contributed by atoms with van der Waals surface area (Å²) in [6.45, 7) is 3.86. The number of hydrazone groups is 1. The molecule has 0 aliphatic rings. The van der Waals surface area contributed by atoms with Gasteiger partial charge in [-0.2, -0.15) is 5.10 Å². The fourth-order valence-corrected chi connectivity index (χ4v) is 2.33. The number of phenolic OH excluding ortho intramolecular Hbond substituents is 1. The van der Waals surface area contributed by atoms with Gasteiger partial charge < -0.3 is 15.2 Å². The zero-order chi connectivity index (χ0) is 19.8. The highest BCUT2D eigenvalue weighted by Gasteiger charge is 2.08. The van der Waals surface area contributed by atoms with Crippen molar-refractivity contribution in [2.75, 3.05) is 12.4 Å². The van der Waals surface area contributed by atoms with Crippen LogP contribution in [-0.2, 0) is 9.59 Å². The van der Waals surface area contributed by atoms with Crippen molar-refractivity contribution >= 4 is 23.7 Å². The van der Waals surface area contributed by atoms with Crippen molar-refractivity contribution in [3.63, 3.8) is 0 Å². The maximum absolute atomic E-state index is 12.0. The van der Waals surface area contributed by atoms with Crippen LogP contribution in [0.15, 0.2) is 41.5 Å². The van der Waals surface area contributed by atoms with Crippen LogP contribution in [0.2, 0.25) is 0 Å².